The highest BCUT2D eigenvalue weighted by Crippen LogP contribution is 2.27. The predicted molar refractivity (Wildman–Crippen MR) is 113 cm³/mol. The van der Waals surface area contributed by atoms with Crippen LogP contribution in [0.15, 0.2) is 70.7 Å². The Bertz CT molecular complexity index is 997. The third-order valence-electron chi connectivity index (χ3n) is 4.14. The molecule has 0 radical (unpaired) electrons. The van der Waals surface area contributed by atoms with Crippen LogP contribution in [0.4, 0.5) is 0 Å². The molecule has 3 nitrogen and oxygen atoms in total. The van der Waals surface area contributed by atoms with Gasteiger partial charge in [0.2, 0.25) is 0 Å². The molecule has 2 aromatic carbocycles. The molecule has 0 fully saturated rings. The lowest BCUT2D eigenvalue weighted by molar-refractivity contribution is 0.873. The summed E-state index contributed by atoms with van der Waals surface area (Å²) in [7, 11) is 0. The Morgan fingerprint density at radius 3 is 3.00 bits per heavy atom. The van der Waals surface area contributed by atoms with Crippen LogP contribution < -0.4 is 5.32 Å². The number of halogens is 1. The van der Waals surface area contributed by atoms with Gasteiger partial charge in [-0.1, -0.05) is 47.6 Å². The van der Waals surface area contributed by atoms with Crippen LogP contribution in [0, 0.1) is 0 Å². The predicted octanol–water partition coefficient (Wildman–Crippen LogP) is 5.16. The largest absolute Gasteiger partial charge is 0.364 e. The van der Waals surface area contributed by atoms with Gasteiger partial charge in [0.15, 0.2) is 5.17 Å². The molecule has 3 aromatic rings. The van der Waals surface area contributed by atoms with Gasteiger partial charge in [0.1, 0.15) is 0 Å². The highest BCUT2D eigenvalue weighted by molar-refractivity contribution is 8.17. The van der Waals surface area contributed by atoms with Crippen molar-refractivity contribution in [2.75, 3.05) is 13.1 Å². The van der Waals surface area contributed by atoms with Crippen molar-refractivity contribution in [3.63, 3.8) is 0 Å². The molecule has 1 N–H and O–H groups in total. The van der Waals surface area contributed by atoms with Crippen LogP contribution >= 0.6 is 23.4 Å². The molecule has 0 atom stereocenters. The molecule has 5 heteroatoms. The van der Waals surface area contributed by atoms with Gasteiger partial charge in [-0.05, 0) is 54.0 Å². The Morgan fingerprint density at radius 2 is 2.08 bits per heavy atom. The van der Waals surface area contributed by atoms with Gasteiger partial charge in [-0.2, -0.15) is 0 Å². The Hall–Kier alpha value is -2.30. The van der Waals surface area contributed by atoms with Gasteiger partial charge in [-0.25, -0.2) is 0 Å². The second-order valence-corrected chi connectivity index (χ2v) is 7.65. The number of nitrogens with zero attached hydrogens (tertiary/aromatic N) is 2. The lowest BCUT2D eigenvalue weighted by Crippen LogP contribution is -2.21. The summed E-state index contributed by atoms with van der Waals surface area (Å²) in [5.41, 5.74) is 3.44. The van der Waals surface area contributed by atoms with E-state index in [1.807, 2.05) is 30.5 Å². The van der Waals surface area contributed by atoms with Crippen molar-refractivity contribution in [1.29, 1.82) is 0 Å². The van der Waals surface area contributed by atoms with Crippen LogP contribution in [-0.4, -0.2) is 23.2 Å². The molecule has 1 aromatic heterocycles. The molecule has 0 aliphatic carbocycles. The summed E-state index contributed by atoms with van der Waals surface area (Å²) >= 11 is 7.73. The number of aromatic nitrogens is 1. The molecular weight excluding hydrogens is 362 g/mol. The summed E-state index contributed by atoms with van der Waals surface area (Å²) in [4.78, 5) is 10.2. The first-order chi connectivity index (χ1) is 12.8. The van der Waals surface area contributed by atoms with E-state index in [2.05, 4.69) is 51.7 Å². The fourth-order valence-corrected chi connectivity index (χ4v) is 3.97. The first kappa shape index (κ1) is 17.1. The summed E-state index contributed by atoms with van der Waals surface area (Å²) < 4.78 is 0. The summed E-state index contributed by atoms with van der Waals surface area (Å²) in [6.45, 7) is 1.58. The van der Waals surface area contributed by atoms with Crippen molar-refractivity contribution in [2.24, 2.45) is 4.99 Å². The number of amidine groups is 1. The molecule has 0 bridgehead atoms. The minimum Gasteiger partial charge on any atom is -0.364 e. The van der Waals surface area contributed by atoms with Crippen molar-refractivity contribution < 1.29 is 0 Å². The van der Waals surface area contributed by atoms with E-state index in [1.165, 1.54) is 16.0 Å². The van der Waals surface area contributed by atoms with Crippen LogP contribution in [0.3, 0.4) is 0 Å². The van der Waals surface area contributed by atoms with E-state index in [4.69, 9.17) is 11.6 Å². The lowest BCUT2D eigenvalue weighted by atomic mass is 10.1. The molecule has 26 heavy (non-hydrogen) atoms. The van der Waals surface area contributed by atoms with Gasteiger partial charge in [0.25, 0.3) is 0 Å². The second-order valence-electron chi connectivity index (χ2n) is 6.10. The van der Waals surface area contributed by atoms with Crippen molar-refractivity contribution in [3.8, 4) is 0 Å². The minimum atomic E-state index is 0.731. The van der Waals surface area contributed by atoms with Gasteiger partial charge in [0, 0.05) is 28.1 Å². The summed E-state index contributed by atoms with van der Waals surface area (Å²) in [5, 5.41) is 6.34. The lowest BCUT2D eigenvalue weighted by Gasteiger charge is -2.05. The van der Waals surface area contributed by atoms with E-state index in [9.17, 15) is 0 Å². The molecule has 1 aliphatic rings. The molecule has 0 amide bonds. The molecule has 0 unspecified atom stereocenters. The van der Waals surface area contributed by atoms with E-state index in [-0.39, 0.29) is 0 Å². The minimum absolute atomic E-state index is 0.731. The van der Waals surface area contributed by atoms with Gasteiger partial charge in [-0.15, -0.1) is 0 Å². The maximum absolute atomic E-state index is 6.02. The zero-order chi connectivity index (χ0) is 17.8. The smallest absolute Gasteiger partial charge is 0.161 e. The number of hydrogen-bond donors (Lipinski definition) is 1. The third kappa shape index (κ3) is 4.26. The van der Waals surface area contributed by atoms with E-state index in [0.717, 1.165) is 40.6 Å². The van der Waals surface area contributed by atoms with Crippen LogP contribution in [-0.2, 0) is 6.42 Å². The number of thioether (sulfide) groups is 1. The Morgan fingerprint density at radius 1 is 1.12 bits per heavy atom. The van der Waals surface area contributed by atoms with Crippen molar-refractivity contribution in [1.82, 2.24) is 10.3 Å². The number of aliphatic imine (C=N–C) groups is 1. The average molecular weight is 380 g/mol. The Kier molecular flexibility index (Phi) is 5.23. The molecular formula is C21H18ClN3S. The molecule has 0 saturated heterocycles. The number of nitrogens with one attached hydrogen (secondary N) is 1. The summed E-state index contributed by atoms with van der Waals surface area (Å²) in [6.07, 6.45) is 4.95. The monoisotopic (exact) mass is 379 g/mol. The van der Waals surface area contributed by atoms with Crippen LogP contribution in [0.2, 0.25) is 5.02 Å². The van der Waals surface area contributed by atoms with Crippen molar-refractivity contribution in [3.05, 3.63) is 81.8 Å². The topological polar surface area (TPSA) is 37.3 Å². The van der Waals surface area contributed by atoms with E-state index in [1.54, 1.807) is 11.8 Å². The average Bonchev–Trinajstić information content (AvgIpc) is 3.09. The van der Waals surface area contributed by atoms with E-state index >= 15 is 0 Å². The quantitative estimate of drug-likeness (QED) is 0.679. The first-order valence-corrected chi connectivity index (χ1v) is 9.72. The molecule has 0 spiro atoms. The van der Waals surface area contributed by atoms with Gasteiger partial charge in [0.05, 0.1) is 12.1 Å². The second kappa shape index (κ2) is 7.94. The van der Waals surface area contributed by atoms with Crippen LogP contribution in [0.5, 0.6) is 0 Å². The highest BCUT2D eigenvalue weighted by atomic mass is 35.5. The number of fused-ring (bicyclic) bond motifs is 1. The van der Waals surface area contributed by atoms with Crippen LogP contribution in [0.25, 0.3) is 17.0 Å². The van der Waals surface area contributed by atoms with Crippen molar-refractivity contribution in [2.45, 2.75) is 6.42 Å². The Labute approximate surface area is 162 Å². The molecule has 1 aliphatic heterocycles. The SMILES string of the molecule is Clc1cccc(CCNC2=NCC(=Cc3ccc4ncccc4c3)S2)c1. The van der Waals surface area contributed by atoms with E-state index in [0.29, 0.717) is 0 Å². The summed E-state index contributed by atoms with van der Waals surface area (Å²) in [6, 6.07) is 18.4. The van der Waals surface area contributed by atoms with Crippen LogP contribution in [0.1, 0.15) is 11.1 Å². The van der Waals surface area contributed by atoms with Gasteiger partial charge in [-0.3, -0.25) is 9.98 Å². The number of hydrogen-bond acceptors (Lipinski definition) is 4. The Balaban J connectivity index is 1.34. The standard InChI is InChI=1S/C21H18ClN3S/c22-18-5-1-3-15(12-18)8-10-24-21-25-14-19(26-21)13-16-6-7-20-17(11-16)4-2-9-23-20/h1-7,9,11-13H,8,10,14H2,(H,24,25). The normalized spacial score (nSPS) is 15.4. The van der Waals surface area contributed by atoms with Gasteiger partial charge < -0.3 is 5.32 Å². The van der Waals surface area contributed by atoms with E-state index < -0.39 is 0 Å². The fraction of sp³-hybridized carbons (Fsp3) is 0.143. The zero-order valence-electron chi connectivity index (χ0n) is 14.2. The number of benzene rings is 2. The molecule has 0 saturated carbocycles. The number of rotatable bonds is 4. The maximum atomic E-state index is 6.02. The highest BCUT2D eigenvalue weighted by Gasteiger charge is 2.12. The van der Waals surface area contributed by atoms with Gasteiger partial charge >= 0.3 is 0 Å². The maximum Gasteiger partial charge on any atom is 0.161 e. The molecule has 4 rings (SSSR count). The fourth-order valence-electron chi connectivity index (χ4n) is 2.88. The zero-order valence-corrected chi connectivity index (χ0v) is 15.7. The first-order valence-electron chi connectivity index (χ1n) is 8.52. The summed E-state index contributed by atoms with van der Waals surface area (Å²) in [5.74, 6) is 0. The van der Waals surface area contributed by atoms with Crippen molar-refractivity contribution >= 4 is 45.5 Å². The third-order valence-corrected chi connectivity index (χ3v) is 5.35. The molecule has 130 valence electrons. The molecule has 2 heterocycles. The number of pyridine rings is 1.